The van der Waals surface area contributed by atoms with Gasteiger partial charge in [0.1, 0.15) is 11.6 Å². The molecule has 2 N–H and O–H groups in total. The van der Waals surface area contributed by atoms with Crippen LogP contribution in [0.1, 0.15) is 15.9 Å². The van der Waals surface area contributed by atoms with E-state index in [9.17, 15) is 18.4 Å². The van der Waals surface area contributed by atoms with E-state index < -0.39 is 23.1 Å². The number of nitrogens with one attached hydrogen (secondary N) is 2. The number of benzene rings is 1. The molecule has 0 unspecified atom stereocenters. The van der Waals surface area contributed by atoms with E-state index in [2.05, 4.69) is 10.3 Å². The second kappa shape index (κ2) is 5.43. The van der Waals surface area contributed by atoms with Gasteiger partial charge in [0.25, 0.3) is 5.91 Å². The molecule has 0 aliphatic carbocycles. The lowest BCUT2D eigenvalue weighted by Gasteiger charge is -2.06. The maximum Gasteiger partial charge on any atom is 0.251 e. The summed E-state index contributed by atoms with van der Waals surface area (Å²) in [7, 11) is 0. The molecule has 0 bridgehead atoms. The lowest BCUT2D eigenvalue weighted by atomic mass is 10.2. The van der Waals surface area contributed by atoms with Gasteiger partial charge in [0.2, 0.25) is 5.56 Å². The highest BCUT2D eigenvalue weighted by molar-refractivity contribution is 5.93. The van der Waals surface area contributed by atoms with Crippen molar-refractivity contribution in [3.63, 3.8) is 0 Å². The number of carbonyl (C=O) groups excluding carboxylic acids is 1. The molecule has 0 saturated heterocycles. The van der Waals surface area contributed by atoms with Crippen molar-refractivity contribution in [3.8, 4) is 0 Å². The van der Waals surface area contributed by atoms with Crippen molar-refractivity contribution < 1.29 is 13.6 Å². The quantitative estimate of drug-likeness (QED) is 0.884. The Morgan fingerprint density at radius 2 is 2.00 bits per heavy atom. The van der Waals surface area contributed by atoms with Gasteiger partial charge in [0.15, 0.2) is 0 Å². The summed E-state index contributed by atoms with van der Waals surface area (Å²) in [4.78, 5) is 25.1. The van der Waals surface area contributed by atoms with E-state index >= 15 is 0 Å². The van der Waals surface area contributed by atoms with E-state index in [1.807, 2.05) is 0 Å². The highest BCUT2D eigenvalue weighted by atomic mass is 19.1. The van der Waals surface area contributed by atoms with E-state index in [0.717, 1.165) is 24.3 Å². The normalized spacial score (nSPS) is 10.2. The Kier molecular flexibility index (Phi) is 3.70. The molecule has 0 aliphatic rings. The van der Waals surface area contributed by atoms with E-state index in [1.54, 1.807) is 0 Å². The Morgan fingerprint density at radius 1 is 1.21 bits per heavy atom. The van der Waals surface area contributed by atoms with E-state index in [4.69, 9.17) is 0 Å². The SMILES string of the molecule is O=C(NCc1cc(F)ccc1F)c1cc[nH]c(=O)c1. The average Bonchev–Trinajstić information content (AvgIpc) is 2.39. The third-order valence-electron chi connectivity index (χ3n) is 2.48. The minimum Gasteiger partial charge on any atom is -0.348 e. The first-order chi connectivity index (χ1) is 9.06. The molecule has 2 rings (SSSR count). The summed E-state index contributed by atoms with van der Waals surface area (Å²) >= 11 is 0. The number of aromatic nitrogens is 1. The molecule has 1 heterocycles. The van der Waals surface area contributed by atoms with Crippen LogP contribution in [0.2, 0.25) is 0 Å². The number of halogens is 2. The molecule has 1 amide bonds. The van der Waals surface area contributed by atoms with Crippen LogP contribution in [0.25, 0.3) is 0 Å². The maximum absolute atomic E-state index is 13.3. The molecule has 1 aromatic carbocycles. The molecule has 0 spiro atoms. The zero-order valence-corrected chi connectivity index (χ0v) is 9.74. The van der Waals surface area contributed by atoms with Crippen LogP contribution in [0.5, 0.6) is 0 Å². The number of hydrogen-bond donors (Lipinski definition) is 2. The average molecular weight is 264 g/mol. The Bertz CT molecular complexity index is 668. The molecular formula is C13H10F2N2O2. The van der Waals surface area contributed by atoms with E-state index in [0.29, 0.717) is 0 Å². The largest absolute Gasteiger partial charge is 0.348 e. The van der Waals surface area contributed by atoms with Crippen molar-refractivity contribution in [2.75, 3.05) is 0 Å². The van der Waals surface area contributed by atoms with E-state index in [1.165, 1.54) is 12.3 Å². The number of amides is 1. The molecule has 19 heavy (non-hydrogen) atoms. The summed E-state index contributed by atoms with van der Waals surface area (Å²) in [5.74, 6) is -1.72. The number of hydrogen-bond acceptors (Lipinski definition) is 2. The zero-order valence-electron chi connectivity index (χ0n) is 9.74. The topological polar surface area (TPSA) is 62.0 Å². The first kappa shape index (κ1) is 12.9. The fourth-order valence-electron chi connectivity index (χ4n) is 1.54. The molecule has 4 nitrogen and oxygen atoms in total. The lowest BCUT2D eigenvalue weighted by molar-refractivity contribution is 0.0950. The number of pyridine rings is 1. The standard InChI is InChI=1S/C13H10F2N2O2/c14-10-1-2-11(15)9(5-10)7-17-13(19)8-3-4-16-12(18)6-8/h1-6H,7H2,(H,16,18)(H,17,19). The summed E-state index contributed by atoms with van der Waals surface area (Å²) in [6, 6.07) is 5.53. The van der Waals surface area contributed by atoms with E-state index in [-0.39, 0.29) is 17.7 Å². The van der Waals surface area contributed by atoms with Crippen molar-refractivity contribution in [1.29, 1.82) is 0 Å². The molecule has 0 atom stereocenters. The van der Waals surface area contributed by atoms with Gasteiger partial charge < -0.3 is 10.3 Å². The van der Waals surface area contributed by atoms with Crippen LogP contribution >= 0.6 is 0 Å². The van der Waals surface area contributed by atoms with Crippen LogP contribution in [0.15, 0.2) is 41.3 Å². The van der Waals surface area contributed by atoms with Crippen LogP contribution in [0.4, 0.5) is 8.78 Å². The summed E-state index contributed by atoms with van der Waals surface area (Å²) in [6.07, 6.45) is 1.33. The van der Waals surface area contributed by atoms with Gasteiger partial charge in [-0.15, -0.1) is 0 Å². The van der Waals surface area contributed by atoms with Crippen molar-refractivity contribution in [2.45, 2.75) is 6.54 Å². The maximum atomic E-state index is 13.3. The molecule has 0 radical (unpaired) electrons. The Morgan fingerprint density at radius 3 is 2.74 bits per heavy atom. The second-order valence-electron chi connectivity index (χ2n) is 3.86. The molecular weight excluding hydrogens is 254 g/mol. The van der Waals surface area contributed by atoms with Crippen molar-refractivity contribution >= 4 is 5.91 Å². The number of rotatable bonds is 3. The summed E-state index contributed by atoms with van der Waals surface area (Å²) in [5.41, 5.74) is -0.219. The number of aromatic amines is 1. The molecule has 2 aromatic rings. The zero-order chi connectivity index (χ0) is 13.8. The fraction of sp³-hybridized carbons (Fsp3) is 0.0769. The fourth-order valence-corrected chi connectivity index (χ4v) is 1.54. The van der Waals surface area contributed by atoms with Crippen molar-refractivity contribution in [3.05, 3.63) is 69.6 Å². The Hall–Kier alpha value is -2.50. The highest BCUT2D eigenvalue weighted by Crippen LogP contribution is 2.09. The number of H-pyrrole nitrogens is 1. The Labute approximate surface area is 107 Å². The van der Waals surface area contributed by atoms with Gasteiger partial charge in [-0.05, 0) is 24.3 Å². The van der Waals surface area contributed by atoms with Gasteiger partial charge >= 0.3 is 0 Å². The predicted molar refractivity (Wildman–Crippen MR) is 64.6 cm³/mol. The van der Waals surface area contributed by atoms with Crippen LogP contribution < -0.4 is 10.9 Å². The lowest BCUT2D eigenvalue weighted by Crippen LogP contribution is -2.24. The predicted octanol–water partition coefficient (Wildman–Crippen LogP) is 1.58. The van der Waals surface area contributed by atoms with Gasteiger partial charge in [0, 0.05) is 29.9 Å². The first-order valence-corrected chi connectivity index (χ1v) is 5.47. The van der Waals surface area contributed by atoms with Crippen molar-refractivity contribution in [1.82, 2.24) is 10.3 Å². The summed E-state index contributed by atoms with van der Waals surface area (Å²) in [5, 5.41) is 2.41. The molecule has 0 fully saturated rings. The molecule has 1 aromatic heterocycles. The highest BCUT2D eigenvalue weighted by Gasteiger charge is 2.08. The smallest absolute Gasteiger partial charge is 0.251 e. The van der Waals surface area contributed by atoms with Crippen LogP contribution in [-0.2, 0) is 6.54 Å². The Balaban J connectivity index is 2.08. The summed E-state index contributed by atoms with van der Waals surface area (Å²) < 4.78 is 26.2. The molecule has 0 saturated carbocycles. The molecule has 98 valence electrons. The molecule has 6 heteroatoms. The monoisotopic (exact) mass is 264 g/mol. The van der Waals surface area contributed by atoms with Crippen LogP contribution in [0, 0.1) is 11.6 Å². The minimum atomic E-state index is -0.604. The van der Waals surface area contributed by atoms with Gasteiger partial charge in [-0.3, -0.25) is 9.59 Å². The minimum absolute atomic E-state index is 0.0400. The first-order valence-electron chi connectivity index (χ1n) is 5.47. The third-order valence-corrected chi connectivity index (χ3v) is 2.48. The van der Waals surface area contributed by atoms with Crippen LogP contribution in [-0.4, -0.2) is 10.9 Å². The molecule has 0 aliphatic heterocycles. The van der Waals surface area contributed by atoms with Gasteiger partial charge in [-0.2, -0.15) is 0 Å². The van der Waals surface area contributed by atoms with Gasteiger partial charge in [0.05, 0.1) is 0 Å². The van der Waals surface area contributed by atoms with Gasteiger partial charge in [-0.25, -0.2) is 8.78 Å². The third kappa shape index (κ3) is 3.25. The van der Waals surface area contributed by atoms with Crippen molar-refractivity contribution in [2.24, 2.45) is 0 Å². The van der Waals surface area contributed by atoms with Gasteiger partial charge in [-0.1, -0.05) is 0 Å². The number of carbonyl (C=O) groups is 1. The van der Waals surface area contributed by atoms with Crippen LogP contribution in [0.3, 0.4) is 0 Å². The summed E-state index contributed by atoms with van der Waals surface area (Å²) in [6.45, 7) is -0.158. The second-order valence-corrected chi connectivity index (χ2v) is 3.86.